The Balaban J connectivity index is 2.02. The van der Waals surface area contributed by atoms with E-state index in [0.29, 0.717) is 28.9 Å². The fourth-order valence-corrected chi connectivity index (χ4v) is 3.69. The van der Waals surface area contributed by atoms with E-state index in [1.165, 1.54) is 12.3 Å². The third kappa shape index (κ3) is 3.65. The first-order chi connectivity index (χ1) is 14.6. The van der Waals surface area contributed by atoms with Gasteiger partial charge in [-0.1, -0.05) is 17.7 Å². The summed E-state index contributed by atoms with van der Waals surface area (Å²) in [6, 6.07) is 4.15. The lowest BCUT2D eigenvalue weighted by Gasteiger charge is -2.29. The summed E-state index contributed by atoms with van der Waals surface area (Å²) >= 11 is 0. The lowest BCUT2D eigenvalue weighted by Crippen LogP contribution is -2.27. The quantitative estimate of drug-likeness (QED) is 0.499. The van der Waals surface area contributed by atoms with E-state index in [0.717, 1.165) is 11.6 Å². The van der Waals surface area contributed by atoms with Gasteiger partial charge in [0.25, 0.3) is 0 Å². The van der Waals surface area contributed by atoms with Crippen molar-refractivity contribution in [2.24, 2.45) is 0 Å². The molecule has 0 atom stereocenters. The van der Waals surface area contributed by atoms with Gasteiger partial charge in [0.15, 0.2) is 11.5 Å². The van der Waals surface area contributed by atoms with Gasteiger partial charge in [0.05, 0.1) is 5.56 Å². The molecule has 2 aromatic carbocycles. The Hall–Kier alpha value is -3.67. The maximum absolute atomic E-state index is 13.3. The minimum Gasteiger partial charge on any atom is -0.508 e. The number of rotatable bonds is 3. The van der Waals surface area contributed by atoms with Crippen molar-refractivity contribution in [2.45, 2.75) is 39.7 Å². The monoisotopic (exact) mass is 420 g/mol. The first-order valence-corrected chi connectivity index (χ1v) is 9.95. The van der Waals surface area contributed by atoms with Gasteiger partial charge < -0.3 is 24.5 Å². The second kappa shape index (κ2) is 7.23. The van der Waals surface area contributed by atoms with Crippen LogP contribution in [0.15, 0.2) is 51.4 Å². The molecule has 2 heterocycles. The Morgan fingerprint density at radius 1 is 1.10 bits per heavy atom. The molecule has 31 heavy (non-hydrogen) atoms. The van der Waals surface area contributed by atoms with Crippen molar-refractivity contribution < 1.29 is 24.5 Å². The minimum absolute atomic E-state index is 0.0307. The molecule has 1 aliphatic heterocycles. The van der Waals surface area contributed by atoms with Crippen LogP contribution in [0.2, 0.25) is 0 Å². The van der Waals surface area contributed by atoms with Gasteiger partial charge in [0, 0.05) is 23.3 Å². The summed E-state index contributed by atoms with van der Waals surface area (Å²) in [5, 5.41) is 31.0. The van der Waals surface area contributed by atoms with E-state index < -0.39 is 11.0 Å². The van der Waals surface area contributed by atoms with Crippen molar-refractivity contribution in [3.05, 3.63) is 63.5 Å². The SMILES string of the molecule is CC(C)=CCc1c(-c2coc3cc(O)cc(O)c3c2=O)cc2c(c1O)OC(C)(C)C=C2. The molecule has 1 aromatic heterocycles. The highest BCUT2D eigenvalue weighted by atomic mass is 16.5. The molecule has 0 unspecified atom stereocenters. The van der Waals surface area contributed by atoms with E-state index in [2.05, 4.69) is 0 Å². The average Bonchev–Trinajstić information content (AvgIpc) is 2.67. The number of hydrogen-bond acceptors (Lipinski definition) is 6. The lowest BCUT2D eigenvalue weighted by molar-refractivity contribution is 0.152. The zero-order chi connectivity index (χ0) is 22.5. The number of fused-ring (bicyclic) bond motifs is 2. The smallest absolute Gasteiger partial charge is 0.204 e. The predicted octanol–water partition coefficient (Wildman–Crippen LogP) is 5.27. The van der Waals surface area contributed by atoms with Gasteiger partial charge in [0.2, 0.25) is 5.43 Å². The van der Waals surface area contributed by atoms with Crippen LogP contribution >= 0.6 is 0 Å². The Bertz CT molecular complexity index is 1320. The zero-order valence-electron chi connectivity index (χ0n) is 17.8. The fraction of sp³-hybridized carbons (Fsp3) is 0.240. The summed E-state index contributed by atoms with van der Waals surface area (Å²) < 4.78 is 11.6. The van der Waals surface area contributed by atoms with Gasteiger partial charge in [0.1, 0.15) is 34.3 Å². The van der Waals surface area contributed by atoms with Crippen LogP contribution in [0.4, 0.5) is 0 Å². The minimum atomic E-state index is -0.574. The number of aromatic hydroxyl groups is 3. The van der Waals surface area contributed by atoms with E-state index >= 15 is 0 Å². The summed E-state index contributed by atoms with van der Waals surface area (Å²) in [5.74, 6) is -0.242. The second-order valence-corrected chi connectivity index (χ2v) is 8.51. The van der Waals surface area contributed by atoms with Crippen LogP contribution in [0.5, 0.6) is 23.0 Å². The predicted molar refractivity (Wildman–Crippen MR) is 120 cm³/mol. The Morgan fingerprint density at radius 2 is 1.84 bits per heavy atom. The Morgan fingerprint density at radius 3 is 2.55 bits per heavy atom. The van der Waals surface area contributed by atoms with Gasteiger partial charge in [-0.15, -0.1) is 0 Å². The molecular formula is C25H24O6. The summed E-state index contributed by atoms with van der Waals surface area (Å²) in [6.07, 6.45) is 7.35. The van der Waals surface area contributed by atoms with Gasteiger partial charge in [-0.3, -0.25) is 4.79 Å². The van der Waals surface area contributed by atoms with Crippen LogP contribution in [-0.4, -0.2) is 20.9 Å². The first kappa shape index (κ1) is 20.6. The van der Waals surface area contributed by atoms with Crippen molar-refractivity contribution in [3.63, 3.8) is 0 Å². The molecule has 6 heteroatoms. The molecular weight excluding hydrogens is 396 g/mol. The van der Waals surface area contributed by atoms with Gasteiger partial charge in [-0.2, -0.15) is 0 Å². The van der Waals surface area contributed by atoms with Crippen molar-refractivity contribution in [1.82, 2.24) is 0 Å². The second-order valence-electron chi connectivity index (χ2n) is 8.51. The summed E-state index contributed by atoms with van der Waals surface area (Å²) in [7, 11) is 0. The molecule has 0 saturated heterocycles. The maximum Gasteiger partial charge on any atom is 0.204 e. The number of ether oxygens (including phenoxy) is 1. The van der Waals surface area contributed by atoms with Crippen molar-refractivity contribution >= 4 is 17.0 Å². The molecule has 3 N–H and O–H groups in total. The molecule has 0 amide bonds. The van der Waals surface area contributed by atoms with Crippen molar-refractivity contribution in [1.29, 1.82) is 0 Å². The first-order valence-electron chi connectivity index (χ1n) is 9.95. The largest absolute Gasteiger partial charge is 0.508 e. The molecule has 0 spiro atoms. The number of hydrogen-bond donors (Lipinski definition) is 3. The molecule has 0 fully saturated rings. The van der Waals surface area contributed by atoms with E-state index in [1.807, 2.05) is 45.9 Å². The number of phenolic OH excluding ortho intramolecular Hbond substituents is 3. The van der Waals surface area contributed by atoms with E-state index in [1.54, 1.807) is 6.07 Å². The topological polar surface area (TPSA) is 100 Å². The van der Waals surface area contributed by atoms with Crippen LogP contribution in [0.25, 0.3) is 28.2 Å². The van der Waals surface area contributed by atoms with E-state index in [9.17, 15) is 20.1 Å². The van der Waals surface area contributed by atoms with Crippen LogP contribution < -0.4 is 10.2 Å². The molecule has 3 aromatic rings. The highest BCUT2D eigenvalue weighted by molar-refractivity contribution is 5.89. The molecule has 6 nitrogen and oxygen atoms in total. The van der Waals surface area contributed by atoms with Crippen molar-refractivity contribution in [3.8, 4) is 34.1 Å². The van der Waals surface area contributed by atoms with Gasteiger partial charge in [-0.25, -0.2) is 0 Å². The van der Waals surface area contributed by atoms with Crippen LogP contribution in [0.3, 0.4) is 0 Å². The third-order valence-corrected chi connectivity index (χ3v) is 5.26. The van der Waals surface area contributed by atoms with Crippen molar-refractivity contribution in [2.75, 3.05) is 0 Å². The standard InChI is InChI=1S/C25H24O6/c1-13(2)5-6-16-17(9-14-7-8-25(3,4)31-24(14)23(16)29)18-12-30-20-11-15(26)10-19(27)21(20)22(18)28/h5,7-12,26-27,29H,6H2,1-4H3. The zero-order valence-corrected chi connectivity index (χ0v) is 17.8. The summed E-state index contributed by atoms with van der Waals surface area (Å²) in [5.41, 5.74) is 1.95. The summed E-state index contributed by atoms with van der Waals surface area (Å²) in [6.45, 7) is 7.69. The average molecular weight is 420 g/mol. The fourth-order valence-electron chi connectivity index (χ4n) is 3.69. The van der Waals surface area contributed by atoms with Gasteiger partial charge >= 0.3 is 0 Å². The lowest BCUT2D eigenvalue weighted by atomic mass is 9.91. The number of benzene rings is 2. The molecule has 0 bridgehead atoms. The van der Waals surface area contributed by atoms with Gasteiger partial charge in [-0.05, 0) is 51.8 Å². The van der Waals surface area contributed by atoms with Crippen LogP contribution in [0, 0.1) is 0 Å². The Labute approximate surface area is 179 Å². The highest BCUT2D eigenvalue weighted by Gasteiger charge is 2.28. The van der Waals surface area contributed by atoms with E-state index in [-0.39, 0.29) is 33.8 Å². The molecule has 0 aliphatic carbocycles. The van der Waals surface area contributed by atoms with Crippen LogP contribution in [-0.2, 0) is 6.42 Å². The molecule has 0 radical (unpaired) electrons. The molecule has 4 rings (SSSR count). The summed E-state index contributed by atoms with van der Waals surface area (Å²) in [4.78, 5) is 13.3. The normalized spacial score (nSPS) is 14.2. The third-order valence-electron chi connectivity index (χ3n) is 5.26. The van der Waals surface area contributed by atoms with E-state index in [4.69, 9.17) is 9.15 Å². The maximum atomic E-state index is 13.3. The molecule has 0 saturated carbocycles. The number of phenols is 3. The molecule has 160 valence electrons. The Kier molecular flexibility index (Phi) is 4.81. The molecule has 1 aliphatic rings. The van der Waals surface area contributed by atoms with Crippen LogP contribution in [0.1, 0.15) is 38.8 Å². The highest BCUT2D eigenvalue weighted by Crippen LogP contribution is 2.45. The number of allylic oxidation sites excluding steroid dienone is 2.